The number of carboxylic acid groups (broad SMARTS) is 1. The van der Waals surface area contributed by atoms with Crippen molar-refractivity contribution in [2.24, 2.45) is 0 Å². The molecule has 0 aliphatic heterocycles. The lowest BCUT2D eigenvalue weighted by Gasteiger charge is -1.99. The molecule has 0 heterocycles. The fraction of sp³-hybridized carbons (Fsp3) is 0.125. The van der Waals surface area contributed by atoms with E-state index in [0.29, 0.717) is 0 Å². The van der Waals surface area contributed by atoms with Gasteiger partial charge in [-0.2, -0.15) is 0 Å². The van der Waals surface area contributed by atoms with E-state index in [1.165, 1.54) is 12.1 Å². The Kier molecular flexibility index (Phi) is 2.40. The van der Waals surface area contributed by atoms with Gasteiger partial charge in [0.2, 0.25) is 0 Å². The first-order valence-electron chi connectivity index (χ1n) is 3.27. The molecule has 0 amide bonds. The number of benzene rings is 1. The van der Waals surface area contributed by atoms with Crippen molar-refractivity contribution in [2.75, 3.05) is 0 Å². The highest BCUT2D eigenvalue weighted by molar-refractivity contribution is 5.87. The van der Waals surface area contributed by atoms with Crippen LogP contribution < -0.4 is 0 Å². The van der Waals surface area contributed by atoms with E-state index in [9.17, 15) is 9.18 Å². The summed E-state index contributed by atoms with van der Waals surface area (Å²) in [6.07, 6.45) is 0. The number of aromatic carboxylic acids is 1. The molecule has 2 N–H and O–H groups in total. The normalized spacial score (nSPS) is 9.83. The molecular weight excluding hydrogens is 163 g/mol. The Hall–Kier alpha value is -1.42. The second kappa shape index (κ2) is 3.32. The Morgan fingerprint density at radius 2 is 2.17 bits per heavy atom. The fourth-order valence-electron chi connectivity index (χ4n) is 0.809. The molecule has 0 aromatic heterocycles. The van der Waals surface area contributed by atoms with Crippen LogP contribution in [0.4, 0.5) is 4.39 Å². The van der Waals surface area contributed by atoms with Gasteiger partial charge in [-0.3, -0.25) is 0 Å². The van der Waals surface area contributed by atoms with Gasteiger partial charge < -0.3 is 10.2 Å². The first-order chi connectivity index (χ1) is 5.65. The zero-order valence-electron chi connectivity index (χ0n) is 6.12. The SMILES string of the molecule is O=C(O)c1ccc(CO)c(F)c1. The topological polar surface area (TPSA) is 57.5 Å². The first kappa shape index (κ1) is 8.67. The van der Waals surface area contributed by atoms with E-state index >= 15 is 0 Å². The summed E-state index contributed by atoms with van der Waals surface area (Å²) in [5.41, 5.74) is -0.0234. The van der Waals surface area contributed by atoms with Crippen molar-refractivity contribution >= 4 is 5.97 Å². The summed E-state index contributed by atoms with van der Waals surface area (Å²) in [5, 5.41) is 17.0. The number of carbonyl (C=O) groups is 1. The zero-order valence-corrected chi connectivity index (χ0v) is 6.12. The van der Waals surface area contributed by atoms with E-state index in [1.54, 1.807) is 0 Å². The van der Waals surface area contributed by atoms with Gasteiger partial charge in [0, 0.05) is 5.56 Å². The predicted molar refractivity (Wildman–Crippen MR) is 39.3 cm³/mol. The highest BCUT2D eigenvalue weighted by atomic mass is 19.1. The molecule has 0 saturated carbocycles. The van der Waals surface area contributed by atoms with Crippen LogP contribution in [0, 0.1) is 5.82 Å². The summed E-state index contributed by atoms with van der Waals surface area (Å²) in [6.45, 7) is -0.425. The quantitative estimate of drug-likeness (QED) is 0.696. The number of rotatable bonds is 2. The number of hydrogen-bond acceptors (Lipinski definition) is 2. The highest BCUT2D eigenvalue weighted by Crippen LogP contribution is 2.10. The highest BCUT2D eigenvalue weighted by Gasteiger charge is 2.06. The van der Waals surface area contributed by atoms with Gasteiger partial charge in [-0.15, -0.1) is 0 Å². The Morgan fingerprint density at radius 3 is 2.58 bits per heavy atom. The molecule has 12 heavy (non-hydrogen) atoms. The summed E-state index contributed by atoms with van der Waals surface area (Å²) < 4.78 is 12.8. The predicted octanol–water partition coefficient (Wildman–Crippen LogP) is 1.02. The van der Waals surface area contributed by atoms with Gasteiger partial charge in [0.25, 0.3) is 0 Å². The lowest BCUT2D eigenvalue weighted by Crippen LogP contribution is -1.99. The third-order valence-electron chi connectivity index (χ3n) is 1.47. The maximum Gasteiger partial charge on any atom is 0.335 e. The number of hydrogen-bond donors (Lipinski definition) is 2. The third kappa shape index (κ3) is 1.60. The van der Waals surface area contributed by atoms with Crippen molar-refractivity contribution < 1.29 is 19.4 Å². The van der Waals surface area contributed by atoms with Crippen molar-refractivity contribution in [1.29, 1.82) is 0 Å². The maximum absolute atomic E-state index is 12.8. The Bertz CT molecular complexity index is 309. The fourth-order valence-corrected chi connectivity index (χ4v) is 0.809. The van der Waals surface area contributed by atoms with Crippen LogP contribution in [-0.4, -0.2) is 16.2 Å². The van der Waals surface area contributed by atoms with Crippen molar-refractivity contribution in [3.63, 3.8) is 0 Å². The van der Waals surface area contributed by atoms with E-state index in [-0.39, 0.29) is 11.1 Å². The van der Waals surface area contributed by atoms with Gasteiger partial charge in [-0.1, -0.05) is 6.07 Å². The largest absolute Gasteiger partial charge is 0.478 e. The van der Waals surface area contributed by atoms with E-state index < -0.39 is 18.4 Å². The molecule has 0 radical (unpaired) electrons. The minimum absolute atomic E-state index is 0.0972. The summed E-state index contributed by atoms with van der Waals surface area (Å²) >= 11 is 0. The molecule has 0 atom stereocenters. The molecule has 1 rings (SSSR count). The van der Waals surface area contributed by atoms with Gasteiger partial charge in [0.1, 0.15) is 5.82 Å². The lowest BCUT2D eigenvalue weighted by molar-refractivity contribution is 0.0696. The van der Waals surface area contributed by atoms with Crippen LogP contribution in [0.15, 0.2) is 18.2 Å². The average Bonchev–Trinajstić information content (AvgIpc) is 2.04. The Balaban J connectivity index is 3.10. The molecule has 0 spiro atoms. The minimum atomic E-state index is -1.18. The molecule has 0 saturated heterocycles. The molecule has 0 bridgehead atoms. The Morgan fingerprint density at radius 1 is 1.50 bits per heavy atom. The van der Waals surface area contributed by atoms with Crippen LogP contribution in [0.25, 0.3) is 0 Å². The summed E-state index contributed by atoms with van der Waals surface area (Å²) in [7, 11) is 0. The molecule has 0 unspecified atom stereocenters. The molecule has 64 valence electrons. The zero-order chi connectivity index (χ0) is 9.14. The average molecular weight is 170 g/mol. The van der Waals surface area contributed by atoms with E-state index in [1.807, 2.05) is 0 Å². The molecule has 3 nitrogen and oxygen atoms in total. The Labute approximate surface area is 68.1 Å². The van der Waals surface area contributed by atoms with E-state index in [0.717, 1.165) is 6.07 Å². The third-order valence-corrected chi connectivity index (χ3v) is 1.47. The summed E-state index contributed by atoms with van der Waals surface area (Å²) in [5.74, 6) is -1.88. The van der Waals surface area contributed by atoms with Crippen LogP contribution >= 0.6 is 0 Å². The number of aliphatic hydroxyl groups is 1. The second-order valence-electron chi connectivity index (χ2n) is 2.27. The number of aliphatic hydroxyl groups excluding tert-OH is 1. The van der Waals surface area contributed by atoms with Gasteiger partial charge >= 0.3 is 5.97 Å². The van der Waals surface area contributed by atoms with Gasteiger partial charge in [0.15, 0.2) is 0 Å². The van der Waals surface area contributed by atoms with E-state index in [2.05, 4.69) is 0 Å². The number of halogens is 1. The van der Waals surface area contributed by atoms with Crippen LogP contribution in [0.5, 0.6) is 0 Å². The standard InChI is InChI=1S/C8H7FO3/c9-7-3-5(8(11)12)1-2-6(7)4-10/h1-3,10H,4H2,(H,11,12). The molecule has 0 aliphatic carbocycles. The summed E-state index contributed by atoms with van der Waals surface area (Å²) in [4.78, 5) is 10.3. The smallest absolute Gasteiger partial charge is 0.335 e. The first-order valence-corrected chi connectivity index (χ1v) is 3.27. The van der Waals surface area contributed by atoms with Crippen LogP contribution in [0.2, 0.25) is 0 Å². The van der Waals surface area contributed by atoms with Gasteiger partial charge in [0.05, 0.1) is 12.2 Å². The van der Waals surface area contributed by atoms with Crippen molar-refractivity contribution in [3.05, 3.63) is 35.1 Å². The van der Waals surface area contributed by atoms with Crippen LogP contribution in [0.3, 0.4) is 0 Å². The molecule has 1 aromatic rings. The van der Waals surface area contributed by atoms with Crippen molar-refractivity contribution in [3.8, 4) is 0 Å². The maximum atomic E-state index is 12.8. The van der Waals surface area contributed by atoms with Crippen LogP contribution in [0.1, 0.15) is 15.9 Å². The molecule has 1 aromatic carbocycles. The van der Waals surface area contributed by atoms with E-state index in [4.69, 9.17) is 10.2 Å². The lowest BCUT2D eigenvalue weighted by atomic mass is 10.1. The monoisotopic (exact) mass is 170 g/mol. The van der Waals surface area contributed by atoms with Crippen LogP contribution in [-0.2, 0) is 6.61 Å². The second-order valence-corrected chi connectivity index (χ2v) is 2.27. The molecule has 0 aliphatic rings. The van der Waals surface area contributed by atoms with Crippen molar-refractivity contribution in [2.45, 2.75) is 6.61 Å². The van der Waals surface area contributed by atoms with Crippen molar-refractivity contribution in [1.82, 2.24) is 0 Å². The molecule has 0 fully saturated rings. The number of carboxylic acids is 1. The van der Waals surface area contributed by atoms with Gasteiger partial charge in [-0.05, 0) is 12.1 Å². The van der Waals surface area contributed by atoms with Gasteiger partial charge in [-0.25, -0.2) is 9.18 Å². The molecular formula is C8H7FO3. The molecule has 4 heteroatoms. The minimum Gasteiger partial charge on any atom is -0.478 e. The summed E-state index contributed by atoms with van der Waals surface area (Å²) in [6, 6.07) is 3.38.